The Kier molecular flexibility index (Phi) is 9.51. The number of anilines is 6. The Morgan fingerprint density at radius 1 is 0.303 bits per heavy atom. The van der Waals surface area contributed by atoms with Gasteiger partial charge in [-0.2, -0.15) is 0 Å². The maximum Gasteiger partial charge on any atom is 0.147 e. The van der Waals surface area contributed by atoms with Crippen molar-refractivity contribution >= 4 is 66.4 Å². The topological polar surface area (TPSA) is 6.48 Å². The van der Waals surface area contributed by atoms with Gasteiger partial charge in [-0.3, -0.25) is 0 Å². The summed E-state index contributed by atoms with van der Waals surface area (Å²) in [7, 11) is 0. The van der Waals surface area contributed by atoms with E-state index in [9.17, 15) is 5.48 Å². The van der Waals surface area contributed by atoms with Crippen LogP contribution in [-0.2, 0) is 0 Å². The molecule has 12 aromatic carbocycles. The Hall–Kier alpha value is -8.86. The molecule has 0 fully saturated rings. The van der Waals surface area contributed by atoms with E-state index in [0.29, 0.717) is 54.6 Å². The maximum atomic E-state index is 18.1. The molecule has 0 radical (unpaired) electrons. The average Bonchev–Trinajstić information content (AvgIpc) is 0.748. The lowest BCUT2D eigenvalue weighted by atomic mass is 9.89. The van der Waals surface area contributed by atoms with E-state index >= 15 is 8.78 Å². The number of aryl methyl sites for hydroxylation is 8. The van der Waals surface area contributed by atoms with Crippen molar-refractivity contribution in [2.24, 2.45) is 0 Å². The summed E-state index contributed by atoms with van der Waals surface area (Å²) < 4.78 is 128. The number of hydrogen-bond acceptors (Lipinski definition) is 2. The summed E-state index contributed by atoms with van der Waals surface area (Å²) in [4.78, 5) is 2.83. The third-order valence-corrected chi connectivity index (χ3v) is 14.3. The molecule has 0 aromatic heterocycles. The predicted molar refractivity (Wildman–Crippen MR) is 319 cm³/mol. The van der Waals surface area contributed by atoms with Crippen molar-refractivity contribution < 1.29 is 22.5 Å². The van der Waals surface area contributed by atoms with Crippen LogP contribution in [0.3, 0.4) is 0 Å². The number of para-hydroxylation sites is 2. The maximum absolute atomic E-state index is 18.1. The Balaban J connectivity index is 1.18. The van der Waals surface area contributed by atoms with Crippen LogP contribution in [0.25, 0.3) is 76.8 Å². The Labute approximate surface area is 459 Å². The van der Waals surface area contributed by atoms with Gasteiger partial charge in [0.25, 0.3) is 0 Å². The van der Waals surface area contributed by atoms with Gasteiger partial charge in [-0.25, -0.2) is 8.78 Å². The van der Waals surface area contributed by atoms with Crippen molar-refractivity contribution in [3.05, 3.63) is 262 Å². The Morgan fingerprint density at radius 3 is 0.882 bits per heavy atom. The lowest BCUT2D eigenvalue weighted by molar-refractivity contribution is 0.629. The van der Waals surface area contributed by atoms with Gasteiger partial charge in [-0.05, 0) is 182 Å². The summed E-state index contributed by atoms with van der Waals surface area (Å²) in [5.74, 6) is -1.46. The highest BCUT2D eigenvalue weighted by Gasteiger charge is 2.27. The molecule has 12 rings (SSSR count). The highest BCUT2D eigenvalue weighted by molar-refractivity contribution is 6.28. The smallest absolute Gasteiger partial charge is 0.147 e. The summed E-state index contributed by atoms with van der Waals surface area (Å²) in [6, 6.07) is 39.2. The van der Waals surface area contributed by atoms with E-state index in [1.807, 2.05) is 165 Å². The summed E-state index contributed by atoms with van der Waals surface area (Å²) >= 11 is 0. The van der Waals surface area contributed by atoms with Crippen LogP contribution in [0, 0.1) is 67.0 Å². The van der Waals surface area contributed by atoms with Crippen LogP contribution in [0.2, 0.25) is 0 Å². The first-order chi connectivity index (χ1) is 40.9. The monoisotopic (exact) mass is 999 g/mol. The molecule has 0 aliphatic rings. The van der Waals surface area contributed by atoms with Crippen molar-refractivity contribution in [2.75, 3.05) is 9.80 Å². The number of hydrogen-bond donors (Lipinski definition) is 0. The van der Waals surface area contributed by atoms with E-state index in [0.717, 1.165) is 66.8 Å². The third kappa shape index (κ3) is 8.74. The summed E-state index contributed by atoms with van der Waals surface area (Å²) in [5, 5.41) is 3.62. The fraction of sp³-hybridized carbons (Fsp3) is 0.111. The molecule has 0 saturated carbocycles. The molecule has 370 valence electrons. The van der Waals surface area contributed by atoms with E-state index in [1.165, 1.54) is 21.9 Å². The summed E-state index contributed by atoms with van der Waals surface area (Å²) in [6.07, 6.45) is 0. The molecule has 0 N–H and O–H groups in total. The SMILES string of the molecule is [2H]c1c([2H])c([2H])c(N(c2cc(-c3cc(C)cc(C)c3)c(-c3cc(C)cc(C)c3)cc2F)c2ccc3ccc4c(N(c5cc(-c6cc(C)cc(C)c6)c(-c6cc(C)cc(C)c6)cc5F)c5c([2H])c([2H])c([2H])c([2H])c5[2H])ccc5ccc2c3c54)c([2H])c1[2H]. The molecule has 0 unspecified atom stereocenters. The molecule has 0 amide bonds. The van der Waals surface area contributed by atoms with Crippen LogP contribution in [-0.4, -0.2) is 0 Å². The van der Waals surface area contributed by atoms with E-state index in [-0.39, 0.29) is 34.1 Å². The Morgan fingerprint density at radius 2 is 0.579 bits per heavy atom. The molecule has 12 aromatic rings. The van der Waals surface area contributed by atoms with Gasteiger partial charge in [0.05, 0.1) is 36.5 Å². The van der Waals surface area contributed by atoms with Crippen molar-refractivity contribution in [3.8, 4) is 44.5 Å². The number of benzene rings is 12. The zero-order valence-electron chi connectivity index (χ0n) is 53.5. The second kappa shape index (κ2) is 19.1. The van der Waals surface area contributed by atoms with Gasteiger partial charge >= 0.3 is 0 Å². The fourth-order valence-electron chi connectivity index (χ4n) is 11.6. The first-order valence-electron chi connectivity index (χ1n) is 30.3. The van der Waals surface area contributed by atoms with E-state index in [4.69, 9.17) is 8.22 Å². The summed E-state index contributed by atoms with van der Waals surface area (Å²) in [5.41, 5.74) is 13.1. The van der Waals surface area contributed by atoms with E-state index in [1.54, 1.807) is 24.3 Å². The fourth-order valence-corrected chi connectivity index (χ4v) is 11.6. The third-order valence-electron chi connectivity index (χ3n) is 14.3. The van der Waals surface area contributed by atoms with Crippen LogP contribution in [0.5, 0.6) is 0 Å². The molecule has 0 saturated heterocycles. The van der Waals surface area contributed by atoms with Crippen molar-refractivity contribution in [1.29, 1.82) is 0 Å². The minimum atomic E-state index is -0.730. The zero-order valence-corrected chi connectivity index (χ0v) is 43.5. The molecule has 0 aliphatic heterocycles. The first kappa shape index (κ1) is 37.8. The lowest BCUT2D eigenvalue weighted by Crippen LogP contribution is -2.13. The highest BCUT2D eigenvalue weighted by Crippen LogP contribution is 2.51. The Bertz CT molecular complexity index is 4420. The van der Waals surface area contributed by atoms with Gasteiger partial charge in [0.2, 0.25) is 0 Å². The minimum absolute atomic E-state index is 0.0896. The first-order valence-corrected chi connectivity index (χ1v) is 25.3. The average molecular weight is 999 g/mol. The molecule has 0 heterocycles. The molecular weight excluding hydrogens is 931 g/mol. The number of nitrogens with zero attached hydrogens (tertiary/aromatic N) is 2. The number of halogens is 2. The lowest BCUT2D eigenvalue weighted by Gasteiger charge is -2.30. The molecule has 0 aliphatic carbocycles. The van der Waals surface area contributed by atoms with Crippen molar-refractivity contribution in [2.45, 2.75) is 55.4 Å². The van der Waals surface area contributed by atoms with Gasteiger partial charge in [0, 0.05) is 22.1 Å². The second-order valence-electron chi connectivity index (χ2n) is 20.4. The molecule has 76 heavy (non-hydrogen) atoms. The largest absolute Gasteiger partial charge is 0.307 e. The van der Waals surface area contributed by atoms with Gasteiger partial charge in [-0.15, -0.1) is 0 Å². The van der Waals surface area contributed by atoms with Gasteiger partial charge < -0.3 is 9.80 Å². The van der Waals surface area contributed by atoms with Crippen LogP contribution >= 0.6 is 0 Å². The van der Waals surface area contributed by atoms with Gasteiger partial charge in [-0.1, -0.05) is 190 Å². The van der Waals surface area contributed by atoms with Crippen LogP contribution in [0.4, 0.5) is 42.9 Å². The molecule has 0 bridgehead atoms. The molecule has 0 atom stereocenters. The van der Waals surface area contributed by atoms with Crippen LogP contribution in [0.15, 0.2) is 206 Å². The zero-order chi connectivity index (χ0) is 61.2. The number of rotatable bonds is 10. The molecule has 0 spiro atoms. The normalized spacial score (nSPS) is 13.4. The minimum Gasteiger partial charge on any atom is -0.307 e. The van der Waals surface area contributed by atoms with E-state index < -0.39 is 72.1 Å². The van der Waals surface area contributed by atoms with Gasteiger partial charge in [0.15, 0.2) is 0 Å². The van der Waals surface area contributed by atoms with Crippen molar-refractivity contribution in [3.63, 3.8) is 0 Å². The predicted octanol–water partition coefficient (Wildman–Crippen LogP) is 20.9. The quantitative estimate of drug-likeness (QED) is 0.126. The van der Waals surface area contributed by atoms with Crippen LogP contribution in [0.1, 0.15) is 58.2 Å². The highest BCUT2D eigenvalue weighted by atomic mass is 19.1. The second-order valence-corrected chi connectivity index (χ2v) is 20.4. The molecular formula is C72H58F2N2. The molecule has 4 heteroatoms. The van der Waals surface area contributed by atoms with Crippen molar-refractivity contribution in [1.82, 2.24) is 0 Å². The van der Waals surface area contributed by atoms with Gasteiger partial charge in [0.1, 0.15) is 11.6 Å². The van der Waals surface area contributed by atoms with E-state index in [2.05, 4.69) is 0 Å². The van der Waals surface area contributed by atoms with Crippen LogP contribution < -0.4 is 9.80 Å². The summed E-state index contributed by atoms with van der Waals surface area (Å²) in [6.45, 7) is 15.9. The molecule has 2 nitrogen and oxygen atoms in total. The standard InChI is InChI=1S/C72H58F2N2/c1-43-27-44(2)32-53(31-43)61-39-65(73)69(41-63(61)55-35-47(5)29-48(6)36-55)75(57-15-11-9-12-16-57)67-25-21-51-20-24-60-68(26-22-52-19-23-59(67)71(51)72(52)60)76(58-17-13-10-14-18-58)70-42-64(56-37-49(7)30-50(8)38-56)62(40-66(70)74)54-33-45(3)28-46(4)34-54/h9-42H,1-8H3/i9D,10D,11D,12D,13D,14D,15D,16D,17D,18D.